The van der Waals surface area contributed by atoms with Gasteiger partial charge in [-0.15, -0.1) is 0 Å². The van der Waals surface area contributed by atoms with Gasteiger partial charge in [0.15, 0.2) is 6.61 Å². The highest BCUT2D eigenvalue weighted by Crippen LogP contribution is 2.26. The molecule has 32 heavy (non-hydrogen) atoms. The van der Waals surface area contributed by atoms with Crippen LogP contribution in [0.5, 0.6) is 5.75 Å². The van der Waals surface area contributed by atoms with Crippen LogP contribution in [0, 0.1) is 12.8 Å². The van der Waals surface area contributed by atoms with Gasteiger partial charge < -0.3 is 19.5 Å². The molecule has 1 aromatic carbocycles. The number of para-hydroxylation sites is 1. The quantitative estimate of drug-likeness (QED) is 0.782. The van der Waals surface area contributed by atoms with Gasteiger partial charge in [-0.3, -0.25) is 14.4 Å². The molecule has 2 aromatic rings. The molecule has 0 bridgehead atoms. The summed E-state index contributed by atoms with van der Waals surface area (Å²) in [7, 11) is 0. The fourth-order valence-corrected chi connectivity index (χ4v) is 4.69. The van der Waals surface area contributed by atoms with Gasteiger partial charge >= 0.3 is 0 Å². The van der Waals surface area contributed by atoms with Gasteiger partial charge in [-0.2, -0.15) is 0 Å². The number of likely N-dealkylation sites (tertiary alicyclic amines) is 1. The second-order valence-electron chi connectivity index (χ2n) is 8.87. The molecule has 1 N–H and O–H groups in total. The Morgan fingerprint density at radius 2 is 2.00 bits per heavy atom. The van der Waals surface area contributed by atoms with Crippen LogP contribution >= 0.6 is 0 Å². The highest BCUT2D eigenvalue weighted by atomic mass is 16.5. The van der Waals surface area contributed by atoms with Crippen molar-refractivity contribution in [1.82, 2.24) is 14.8 Å². The lowest BCUT2D eigenvalue weighted by Gasteiger charge is -2.39. The summed E-state index contributed by atoms with van der Waals surface area (Å²) in [5.41, 5.74) is 1.85. The number of ether oxygens (including phenoxy) is 1. The molecule has 0 saturated carbocycles. The molecule has 0 unspecified atom stereocenters. The van der Waals surface area contributed by atoms with Crippen molar-refractivity contribution in [3.05, 3.63) is 64.1 Å². The lowest BCUT2D eigenvalue weighted by Crippen LogP contribution is -2.53. The molecule has 4 rings (SSSR count). The maximum atomic E-state index is 12.9. The van der Waals surface area contributed by atoms with Gasteiger partial charge in [-0.25, -0.2) is 0 Å². The molecular weight excluding hydrogens is 406 g/mol. The number of aromatic nitrogens is 1. The Kier molecular flexibility index (Phi) is 6.93. The van der Waals surface area contributed by atoms with Crippen LogP contribution < -0.4 is 15.6 Å². The highest BCUT2D eigenvalue weighted by molar-refractivity contribution is 5.78. The second-order valence-corrected chi connectivity index (χ2v) is 8.87. The van der Waals surface area contributed by atoms with E-state index < -0.39 is 0 Å². The number of fused-ring (bicyclic) bond motifs is 2. The molecule has 0 radical (unpaired) electrons. The maximum Gasteiger partial charge on any atom is 0.258 e. The predicted octanol–water partition coefficient (Wildman–Crippen LogP) is 2.30. The first kappa shape index (κ1) is 22.1. The number of nitrogens with zero attached hydrogens (tertiary/aromatic N) is 2. The molecule has 7 heteroatoms. The van der Waals surface area contributed by atoms with E-state index >= 15 is 0 Å². The van der Waals surface area contributed by atoms with Crippen molar-refractivity contribution >= 4 is 11.8 Å². The Labute approximate surface area is 188 Å². The van der Waals surface area contributed by atoms with Crippen LogP contribution in [-0.4, -0.2) is 47.0 Å². The van der Waals surface area contributed by atoms with E-state index in [9.17, 15) is 14.4 Å². The molecule has 2 aliphatic heterocycles. The summed E-state index contributed by atoms with van der Waals surface area (Å²) in [6, 6.07) is 11.3. The van der Waals surface area contributed by atoms with E-state index in [1.165, 1.54) is 4.57 Å². The van der Waals surface area contributed by atoms with Gasteiger partial charge in [0.25, 0.3) is 11.5 Å². The van der Waals surface area contributed by atoms with Crippen molar-refractivity contribution in [1.29, 1.82) is 0 Å². The van der Waals surface area contributed by atoms with Crippen LogP contribution in [0.15, 0.2) is 47.4 Å². The first-order valence-electron chi connectivity index (χ1n) is 11.4. The first-order valence-corrected chi connectivity index (χ1v) is 11.4. The lowest BCUT2D eigenvalue weighted by atomic mass is 9.87. The molecule has 1 saturated heterocycles. The third kappa shape index (κ3) is 5.39. The Morgan fingerprint density at radius 3 is 2.84 bits per heavy atom. The molecule has 170 valence electrons. The molecule has 3 heterocycles. The number of carbonyl (C=O) groups is 2. The molecular formula is C25H31N3O4. The molecule has 0 aliphatic carbocycles. The lowest BCUT2D eigenvalue weighted by molar-refractivity contribution is -0.134. The van der Waals surface area contributed by atoms with Crippen LogP contribution in [0.4, 0.5) is 0 Å². The van der Waals surface area contributed by atoms with E-state index in [4.69, 9.17) is 4.74 Å². The van der Waals surface area contributed by atoms with Crippen LogP contribution in [-0.2, 0) is 22.6 Å². The first-order chi connectivity index (χ1) is 15.5. The third-order valence-corrected chi connectivity index (χ3v) is 6.49. The number of benzene rings is 1. The van der Waals surface area contributed by atoms with E-state index in [-0.39, 0.29) is 42.5 Å². The molecule has 2 amide bonds. The van der Waals surface area contributed by atoms with Gasteiger partial charge in [0.2, 0.25) is 5.91 Å². The number of carbonyl (C=O) groups excluding carboxylic acids is 2. The van der Waals surface area contributed by atoms with Crippen molar-refractivity contribution in [3.63, 3.8) is 0 Å². The van der Waals surface area contributed by atoms with Crippen molar-refractivity contribution in [3.8, 4) is 5.75 Å². The zero-order valence-electron chi connectivity index (χ0n) is 18.6. The van der Waals surface area contributed by atoms with Crippen molar-refractivity contribution in [2.75, 3.05) is 19.7 Å². The van der Waals surface area contributed by atoms with Crippen molar-refractivity contribution in [2.24, 2.45) is 5.92 Å². The summed E-state index contributed by atoms with van der Waals surface area (Å²) >= 11 is 0. The molecule has 1 fully saturated rings. The summed E-state index contributed by atoms with van der Waals surface area (Å²) in [5, 5.41) is 3.13. The molecule has 0 spiro atoms. The Balaban J connectivity index is 1.42. The maximum absolute atomic E-state index is 12.9. The summed E-state index contributed by atoms with van der Waals surface area (Å²) < 4.78 is 7.25. The predicted molar refractivity (Wildman–Crippen MR) is 122 cm³/mol. The number of nitrogens with one attached hydrogen (secondary N) is 1. The zero-order chi connectivity index (χ0) is 22.5. The largest absolute Gasteiger partial charge is 0.483 e. The summed E-state index contributed by atoms with van der Waals surface area (Å²) in [6.07, 6.45) is 6.29. The average molecular weight is 438 g/mol. The SMILES string of the molecule is Cc1ccn(CC(=O)N2CC[C@H]3NC(=O)COc4ccccc4CCCC[C@@H]3C2)c(=O)c1. The number of piperidine rings is 1. The summed E-state index contributed by atoms with van der Waals surface area (Å²) in [6.45, 7) is 3.08. The molecule has 7 nitrogen and oxygen atoms in total. The van der Waals surface area contributed by atoms with E-state index in [0.29, 0.717) is 19.5 Å². The number of amides is 2. The summed E-state index contributed by atoms with van der Waals surface area (Å²) in [4.78, 5) is 39.4. The number of aryl methyl sites for hydroxylation is 2. The smallest absolute Gasteiger partial charge is 0.258 e. The van der Waals surface area contributed by atoms with E-state index in [0.717, 1.165) is 42.6 Å². The van der Waals surface area contributed by atoms with E-state index in [1.54, 1.807) is 12.3 Å². The summed E-state index contributed by atoms with van der Waals surface area (Å²) in [5.74, 6) is 0.804. The van der Waals surface area contributed by atoms with Gasteiger partial charge in [0.1, 0.15) is 12.3 Å². The normalized spacial score (nSPS) is 21.8. The molecule has 2 aliphatic rings. The minimum atomic E-state index is -0.160. The zero-order valence-corrected chi connectivity index (χ0v) is 18.6. The van der Waals surface area contributed by atoms with Crippen LogP contribution in [0.1, 0.15) is 36.8 Å². The second kappa shape index (κ2) is 10.0. The third-order valence-electron chi connectivity index (χ3n) is 6.49. The van der Waals surface area contributed by atoms with Gasteiger partial charge in [0, 0.05) is 31.4 Å². The fraction of sp³-hybridized carbons (Fsp3) is 0.480. The topological polar surface area (TPSA) is 80.6 Å². The average Bonchev–Trinajstić information content (AvgIpc) is 2.77. The Morgan fingerprint density at radius 1 is 1.16 bits per heavy atom. The Bertz CT molecular complexity index is 1030. The number of pyridine rings is 1. The van der Waals surface area contributed by atoms with Gasteiger partial charge in [-0.1, -0.05) is 24.6 Å². The van der Waals surface area contributed by atoms with E-state index in [2.05, 4.69) is 11.4 Å². The molecule has 1 aromatic heterocycles. The fourth-order valence-electron chi connectivity index (χ4n) is 4.69. The Hall–Kier alpha value is -3.09. The monoisotopic (exact) mass is 437 g/mol. The molecule has 2 atom stereocenters. The highest BCUT2D eigenvalue weighted by Gasteiger charge is 2.32. The van der Waals surface area contributed by atoms with Gasteiger partial charge in [-0.05, 0) is 61.8 Å². The van der Waals surface area contributed by atoms with Crippen molar-refractivity contribution < 1.29 is 14.3 Å². The van der Waals surface area contributed by atoms with Crippen LogP contribution in [0.25, 0.3) is 0 Å². The number of hydrogen-bond acceptors (Lipinski definition) is 4. The van der Waals surface area contributed by atoms with E-state index in [1.807, 2.05) is 36.1 Å². The van der Waals surface area contributed by atoms with Gasteiger partial charge in [0.05, 0.1) is 0 Å². The standard InChI is InChI=1S/C25H31N3O4/c1-18-10-12-28(24(30)14-18)16-25(31)27-13-11-21-20(15-27)8-3-2-6-19-7-4-5-9-22(19)32-17-23(29)26-21/h4-5,7,9-10,12,14,20-21H,2-3,6,8,11,13,15-17H2,1H3,(H,26,29)/t20-,21-/m1/s1. The van der Waals surface area contributed by atoms with Crippen molar-refractivity contribution in [2.45, 2.75) is 51.6 Å². The minimum absolute atomic E-state index is 0.000775. The van der Waals surface area contributed by atoms with Crippen LogP contribution in [0.2, 0.25) is 0 Å². The minimum Gasteiger partial charge on any atom is -0.483 e. The number of hydrogen-bond donors (Lipinski definition) is 1. The number of rotatable bonds is 2. The van der Waals surface area contributed by atoms with Crippen LogP contribution in [0.3, 0.4) is 0 Å².